The van der Waals surface area contributed by atoms with Gasteiger partial charge in [0.1, 0.15) is 0 Å². The van der Waals surface area contributed by atoms with Gasteiger partial charge in [0.2, 0.25) is 10.0 Å². The normalized spacial score (nSPS) is 12.6. The number of sulfonamides is 1. The monoisotopic (exact) mass is 251 g/mol. The summed E-state index contributed by atoms with van der Waals surface area (Å²) in [5.41, 5.74) is 0. The maximum Gasteiger partial charge on any atom is 0.214 e. The highest BCUT2D eigenvalue weighted by Crippen LogP contribution is 2.14. The zero-order chi connectivity index (χ0) is 12.6. The molecule has 16 heavy (non-hydrogen) atoms. The molecule has 0 bridgehead atoms. The molecule has 0 unspecified atom stereocenters. The van der Waals surface area contributed by atoms with Crippen LogP contribution in [0.5, 0.6) is 0 Å². The van der Waals surface area contributed by atoms with Crippen molar-refractivity contribution < 1.29 is 13.2 Å². The molecule has 0 atom stereocenters. The molecule has 0 saturated heterocycles. The first-order chi connectivity index (χ1) is 7.53. The Labute approximate surface area is 100 Å². The van der Waals surface area contributed by atoms with Crippen molar-refractivity contribution in [3.8, 4) is 0 Å². The van der Waals surface area contributed by atoms with Gasteiger partial charge >= 0.3 is 0 Å². The first-order valence-electron chi connectivity index (χ1n) is 6.01. The summed E-state index contributed by atoms with van der Waals surface area (Å²) in [7, 11) is -1.52. The van der Waals surface area contributed by atoms with Crippen LogP contribution in [-0.2, 0) is 14.8 Å². The second kappa shape index (κ2) is 8.03. The molecular formula is C11H25NO3S. The van der Waals surface area contributed by atoms with Crippen LogP contribution in [0.3, 0.4) is 0 Å². The van der Waals surface area contributed by atoms with Gasteiger partial charge in [-0.05, 0) is 19.3 Å². The molecule has 0 rings (SSSR count). The number of hydrogen-bond donors (Lipinski definition) is 0. The summed E-state index contributed by atoms with van der Waals surface area (Å²) in [4.78, 5) is 0. The summed E-state index contributed by atoms with van der Waals surface area (Å²) >= 11 is 0. The molecule has 98 valence electrons. The minimum absolute atomic E-state index is 0.103. The van der Waals surface area contributed by atoms with Crippen LogP contribution < -0.4 is 0 Å². The second-order valence-electron chi connectivity index (χ2n) is 3.89. The van der Waals surface area contributed by atoms with Crippen LogP contribution in [0.15, 0.2) is 0 Å². The molecule has 4 nitrogen and oxygen atoms in total. The topological polar surface area (TPSA) is 46.6 Å². The summed E-state index contributed by atoms with van der Waals surface area (Å²) in [6, 6.07) is 0.103. The Kier molecular flexibility index (Phi) is 7.97. The lowest BCUT2D eigenvalue weighted by molar-refractivity contribution is 0.163. The molecule has 0 aliphatic rings. The van der Waals surface area contributed by atoms with Gasteiger partial charge in [-0.1, -0.05) is 20.8 Å². The van der Waals surface area contributed by atoms with Gasteiger partial charge in [0, 0.05) is 19.7 Å². The number of ether oxygens (including phenoxy) is 1. The Bertz CT molecular complexity index is 260. The van der Waals surface area contributed by atoms with Crippen molar-refractivity contribution in [2.24, 2.45) is 0 Å². The van der Waals surface area contributed by atoms with E-state index < -0.39 is 10.0 Å². The second-order valence-corrected chi connectivity index (χ2v) is 5.93. The van der Waals surface area contributed by atoms with E-state index in [-0.39, 0.29) is 11.8 Å². The van der Waals surface area contributed by atoms with Crippen LogP contribution in [0.25, 0.3) is 0 Å². The summed E-state index contributed by atoms with van der Waals surface area (Å²) < 4.78 is 30.7. The molecule has 0 fully saturated rings. The van der Waals surface area contributed by atoms with E-state index >= 15 is 0 Å². The van der Waals surface area contributed by atoms with Gasteiger partial charge in [0.15, 0.2) is 0 Å². The molecule has 0 aromatic heterocycles. The molecule has 0 aromatic rings. The van der Waals surface area contributed by atoms with Gasteiger partial charge in [0.05, 0.1) is 12.4 Å². The standard InChI is InChI=1S/C11H25NO3S/c1-5-10-16(13,14)12(8-9-15-4)11(6-2)7-3/h11H,5-10H2,1-4H3. The Morgan fingerprint density at radius 2 is 1.75 bits per heavy atom. The Balaban J connectivity index is 4.77. The molecule has 0 aliphatic carbocycles. The lowest BCUT2D eigenvalue weighted by Crippen LogP contribution is -2.42. The molecule has 0 radical (unpaired) electrons. The molecule has 0 spiro atoms. The van der Waals surface area contributed by atoms with Gasteiger partial charge in [-0.3, -0.25) is 0 Å². The highest BCUT2D eigenvalue weighted by atomic mass is 32.2. The van der Waals surface area contributed by atoms with Crippen molar-refractivity contribution in [1.82, 2.24) is 4.31 Å². The zero-order valence-corrected chi connectivity index (χ0v) is 11.7. The molecule has 0 amide bonds. The first-order valence-corrected chi connectivity index (χ1v) is 7.62. The first kappa shape index (κ1) is 15.9. The van der Waals surface area contributed by atoms with E-state index in [0.29, 0.717) is 19.6 Å². The van der Waals surface area contributed by atoms with Gasteiger partial charge < -0.3 is 4.74 Å². The van der Waals surface area contributed by atoms with Gasteiger partial charge in [-0.15, -0.1) is 0 Å². The summed E-state index contributed by atoms with van der Waals surface area (Å²) in [5, 5.41) is 0. The number of rotatable bonds is 9. The van der Waals surface area contributed by atoms with E-state index in [1.165, 1.54) is 0 Å². The van der Waals surface area contributed by atoms with Gasteiger partial charge in [0.25, 0.3) is 0 Å². The van der Waals surface area contributed by atoms with Gasteiger partial charge in [-0.2, -0.15) is 4.31 Å². The lowest BCUT2D eigenvalue weighted by atomic mass is 10.2. The van der Waals surface area contributed by atoms with E-state index in [4.69, 9.17) is 4.74 Å². The predicted molar refractivity (Wildman–Crippen MR) is 67.0 cm³/mol. The fourth-order valence-electron chi connectivity index (χ4n) is 1.80. The minimum Gasteiger partial charge on any atom is -0.383 e. The third-order valence-electron chi connectivity index (χ3n) is 2.68. The van der Waals surface area contributed by atoms with E-state index in [0.717, 1.165) is 12.8 Å². The lowest BCUT2D eigenvalue weighted by Gasteiger charge is -2.29. The molecule has 0 heterocycles. The third-order valence-corrected chi connectivity index (χ3v) is 4.80. The smallest absolute Gasteiger partial charge is 0.214 e. The molecule has 0 N–H and O–H groups in total. The van der Waals surface area contributed by atoms with Gasteiger partial charge in [-0.25, -0.2) is 8.42 Å². The van der Waals surface area contributed by atoms with Crippen molar-refractivity contribution in [1.29, 1.82) is 0 Å². The number of nitrogens with zero attached hydrogens (tertiary/aromatic N) is 1. The highest BCUT2D eigenvalue weighted by molar-refractivity contribution is 7.89. The molecule has 0 aromatic carbocycles. The maximum atomic E-state index is 12.1. The highest BCUT2D eigenvalue weighted by Gasteiger charge is 2.26. The largest absolute Gasteiger partial charge is 0.383 e. The van der Waals surface area contributed by atoms with Crippen LogP contribution in [0.1, 0.15) is 40.0 Å². The van der Waals surface area contributed by atoms with Crippen molar-refractivity contribution >= 4 is 10.0 Å². The predicted octanol–water partition coefficient (Wildman–Crippen LogP) is 1.86. The molecular weight excluding hydrogens is 226 g/mol. The average molecular weight is 251 g/mol. The van der Waals surface area contributed by atoms with Crippen LogP contribution in [0.2, 0.25) is 0 Å². The van der Waals surface area contributed by atoms with Crippen molar-refractivity contribution in [2.45, 2.75) is 46.1 Å². The minimum atomic E-state index is -3.11. The number of hydrogen-bond acceptors (Lipinski definition) is 3. The SMILES string of the molecule is CCCS(=O)(=O)N(CCOC)C(CC)CC. The molecule has 0 saturated carbocycles. The van der Waals surface area contributed by atoms with Crippen molar-refractivity contribution in [3.05, 3.63) is 0 Å². The summed E-state index contributed by atoms with van der Waals surface area (Å²) in [6.07, 6.45) is 2.36. The van der Waals surface area contributed by atoms with Crippen molar-refractivity contribution in [2.75, 3.05) is 26.0 Å². The maximum absolute atomic E-state index is 12.1. The van der Waals surface area contributed by atoms with E-state index in [1.54, 1.807) is 11.4 Å². The fourth-order valence-corrected chi connectivity index (χ4v) is 3.66. The summed E-state index contributed by atoms with van der Waals surface area (Å²) in [6.45, 7) is 6.86. The van der Waals surface area contributed by atoms with Crippen LogP contribution in [-0.4, -0.2) is 44.8 Å². The van der Waals surface area contributed by atoms with Crippen molar-refractivity contribution in [3.63, 3.8) is 0 Å². The van der Waals surface area contributed by atoms with Crippen LogP contribution >= 0.6 is 0 Å². The van der Waals surface area contributed by atoms with Crippen LogP contribution in [0, 0.1) is 0 Å². The summed E-state index contributed by atoms with van der Waals surface area (Å²) in [5.74, 6) is 0.229. The number of methoxy groups -OCH3 is 1. The molecule has 0 aliphatic heterocycles. The van der Waals surface area contributed by atoms with E-state index in [2.05, 4.69) is 0 Å². The average Bonchev–Trinajstić information content (AvgIpc) is 2.23. The Morgan fingerprint density at radius 3 is 2.12 bits per heavy atom. The van der Waals surface area contributed by atoms with E-state index in [1.807, 2.05) is 20.8 Å². The Hall–Kier alpha value is -0.130. The fraction of sp³-hybridized carbons (Fsp3) is 1.00. The van der Waals surface area contributed by atoms with E-state index in [9.17, 15) is 8.42 Å². The third kappa shape index (κ3) is 4.80. The van der Waals surface area contributed by atoms with Crippen LogP contribution in [0.4, 0.5) is 0 Å². The molecule has 5 heteroatoms. The Morgan fingerprint density at radius 1 is 1.19 bits per heavy atom. The zero-order valence-electron chi connectivity index (χ0n) is 10.9. The quantitative estimate of drug-likeness (QED) is 0.628.